The predicted octanol–water partition coefficient (Wildman–Crippen LogP) is 3.12. The summed E-state index contributed by atoms with van der Waals surface area (Å²) in [4.78, 5) is 10.8. The first kappa shape index (κ1) is 13.5. The van der Waals surface area contributed by atoms with Crippen LogP contribution in [0.4, 0.5) is 0 Å². The third-order valence-corrected chi connectivity index (χ3v) is 2.83. The third kappa shape index (κ3) is 3.08. The summed E-state index contributed by atoms with van der Waals surface area (Å²) in [5.41, 5.74) is 2.52. The number of benzene rings is 1. The Morgan fingerprint density at radius 2 is 1.89 bits per heavy atom. The van der Waals surface area contributed by atoms with E-state index < -0.39 is 5.79 Å². The summed E-state index contributed by atoms with van der Waals surface area (Å²) < 4.78 is 16.6. The van der Waals surface area contributed by atoms with Gasteiger partial charge in [-0.3, -0.25) is 4.79 Å². The SMILES string of the molecule is Cc1cc(C=O)cc(C)c1OCC1=COC(C)(C)O1. The Morgan fingerprint density at radius 1 is 1.26 bits per heavy atom. The molecule has 0 aliphatic carbocycles. The van der Waals surface area contributed by atoms with Gasteiger partial charge in [-0.05, 0) is 37.1 Å². The predicted molar refractivity (Wildman–Crippen MR) is 71.1 cm³/mol. The molecule has 0 unspecified atom stereocenters. The second-order valence-corrected chi connectivity index (χ2v) is 5.09. The summed E-state index contributed by atoms with van der Waals surface area (Å²) >= 11 is 0. The molecule has 0 fully saturated rings. The second-order valence-electron chi connectivity index (χ2n) is 5.09. The molecular formula is C15H18O4. The quantitative estimate of drug-likeness (QED) is 0.782. The minimum Gasteiger partial charge on any atom is -0.485 e. The van der Waals surface area contributed by atoms with E-state index in [1.165, 1.54) is 0 Å². The van der Waals surface area contributed by atoms with Gasteiger partial charge in [0.15, 0.2) is 5.76 Å². The number of ether oxygens (including phenoxy) is 3. The first-order valence-electron chi connectivity index (χ1n) is 6.16. The van der Waals surface area contributed by atoms with E-state index in [9.17, 15) is 4.79 Å². The zero-order chi connectivity index (χ0) is 14.0. The smallest absolute Gasteiger partial charge is 0.244 e. The van der Waals surface area contributed by atoms with E-state index in [1.54, 1.807) is 18.4 Å². The van der Waals surface area contributed by atoms with Gasteiger partial charge in [0.25, 0.3) is 0 Å². The van der Waals surface area contributed by atoms with Gasteiger partial charge in [-0.15, -0.1) is 0 Å². The molecule has 0 spiro atoms. The van der Waals surface area contributed by atoms with Crippen LogP contribution in [0.15, 0.2) is 24.2 Å². The Balaban J connectivity index is 2.07. The number of hydrogen-bond donors (Lipinski definition) is 0. The molecule has 0 amide bonds. The van der Waals surface area contributed by atoms with Gasteiger partial charge in [-0.1, -0.05) is 0 Å². The van der Waals surface area contributed by atoms with E-state index in [0.29, 0.717) is 17.9 Å². The largest absolute Gasteiger partial charge is 0.485 e. The van der Waals surface area contributed by atoms with Gasteiger partial charge in [0.1, 0.15) is 24.9 Å². The van der Waals surface area contributed by atoms with E-state index in [0.717, 1.165) is 23.2 Å². The van der Waals surface area contributed by atoms with Crippen LogP contribution in [0.3, 0.4) is 0 Å². The van der Waals surface area contributed by atoms with Crippen molar-refractivity contribution in [3.63, 3.8) is 0 Å². The van der Waals surface area contributed by atoms with Crippen molar-refractivity contribution in [3.8, 4) is 5.75 Å². The molecule has 0 saturated heterocycles. The van der Waals surface area contributed by atoms with Crippen LogP contribution in [0.2, 0.25) is 0 Å². The van der Waals surface area contributed by atoms with Crippen LogP contribution >= 0.6 is 0 Å². The van der Waals surface area contributed by atoms with E-state index >= 15 is 0 Å². The van der Waals surface area contributed by atoms with Crippen LogP contribution in [0.5, 0.6) is 5.75 Å². The normalized spacial score (nSPS) is 16.3. The van der Waals surface area contributed by atoms with Gasteiger partial charge in [-0.2, -0.15) is 0 Å². The van der Waals surface area contributed by atoms with E-state index in [-0.39, 0.29) is 0 Å². The Kier molecular flexibility index (Phi) is 3.51. The van der Waals surface area contributed by atoms with Crippen molar-refractivity contribution < 1.29 is 19.0 Å². The molecule has 0 atom stereocenters. The fraction of sp³-hybridized carbons (Fsp3) is 0.400. The van der Waals surface area contributed by atoms with Gasteiger partial charge >= 0.3 is 0 Å². The molecule has 4 nitrogen and oxygen atoms in total. The van der Waals surface area contributed by atoms with Crippen LogP contribution in [-0.2, 0) is 9.47 Å². The number of carbonyl (C=O) groups is 1. The van der Waals surface area contributed by atoms with Crippen LogP contribution in [0.25, 0.3) is 0 Å². The maximum absolute atomic E-state index is 10.8. The zero-order valence-electron chi connectivity index (χ0n) is 11.6. The van der Waals surface area contributed by atoms with Crippen molar-refractivity contribution in [2.75, 3.05) is 6.61 Å². The summed E-state index contributed by atoms with van der Waals surface area (Å²) in [7, 11) is 0. The van der Waals surface area contributed by atoms with Crippen molar-refractivity contribution in [2.45, 2.75) is 33.5 Å². The molecule has 0 aromatic heterocycles. The molecule has 1 aromatic carbocycles. The maximum Gasteiger partial charge on any atom is 0.244 e. The van der Waals surface area contributed by atoms with Crippen molar-refractivity contribution in [2.24, 2.45) is 0 Å². The van der Waals surface area contributed by atoms with Gasteiger partial charge < -0.3 is 14.2 Å². The Bertz CT molecular complexity index is 506. The van der Waals surface area contributed by atoms with Gasteiger partial charge in [0.05, 0.1) is 0 Å². The Labute approximate surface area is 113 Å². The molecule has 0 saturated carbocycles. The number of aryl methyl sites for hydroxylation is 2. The highest BCUT2D eigenvalue weighted by Gasteiger charge is 2.27. The lowest BCUT2D eigenvalue weighted by atomic mass is 10.1. The molecule has 1 heterocycles. The third-order valence-electron chi connectivity index (χ3n) is 2.83. The highest BCUT2D eigenvalue weighted by molar-refractivity contribution is 5.76. The van der Waals surface area contributed by atoms with E-state index in [1.807, 2.05) is 27.7 Å². The minimum atomic E-state index is -0.621. The van der Waals surface area contributed by atoms with Gasteiger partial charge in [0.2, 0.25) is 5.79 Å². The van der Waals surface area contributed by atoms with Crippen molar-refractivity contribution in [1.82, 2.24) is 0 Å². The summed E-state index contributed by atoms with van der Waals surface area (Å²) in [5.74, 6) is 0.813. The van der Waals surface area contributed by atoms with Crippen molar-refractivity contribution >= 4 is 6.29 Å². The maximum atomic E-state index is 10.8. The van der Waals surface area contributed by atoms with Gasteiger partial charge in [-0.25, -0.2) is 0 Å². The molecule has 1 aliphatic heterocycles. The molecule has 1 aliphatic rings. The van der Waals surface area contributed by atoms with Gasteiger partial charge in [0, 0.05) is 19.4 Å². The molecule has 102 valence electrons. The molecular weight excluding hydrogens is 244 g/mol. The van der Waals surface area contributed by atoms with E-state index in [2.05, 4.69) is 0 Å². The molecule has 2 rings (SSSR count). The average molecular weight is 262 g/mol. The molecule has 19 heavy (non-hydrogen) atoms. The number of carbonyl (C=O) groups excluding carboxylic acids is 1. The molecule has 0 bridgehead atoms. The lowest BCUT2D eigenvalue weighted by molar-refractivity contribution is -0.119. The summed E-state index contributed by atoms with van der Waals surface area (Å²) in [5, 5.41) is 0. The highest BCUT2D eigenvalue weighted by atomic mass is 16.7. The van der Waals surface area contributed by atoms with Crippen LogP contribution < -0.4 is 4.74 Å². The monoisotopic (exact) mass is 262 g/mol. The minimum absolute atomic E-state index is 0.311. The van der Waals surface area contributed by atoms with Crippen LogP contribution in [-0.4, -0.2) is 18.7 Å². The second kappa shape index (κ2) is 4.96. The fourth-order valence-corrected chi connectivity index (χ4v) is 2.06. The summed E-state index contributed by atoms with van der Waals surface area (Å²) in [6.07, 6.45) is 2.41. The van der Waals surface area contributed by atoms with Crippen molar-refractivity contribution in [3.05, 3.63) is 40.8 Å². The Morgan fingerprint density at radius 3 is 2.37 bits per heavy atom. The molecule has 1 aromatic rings. The Hall–Kier alpha value is -1.97. The molecule has 0 N–H and O–H groups in total. The van der Waals surface area contributed by atoms with Crippen LogP contribution in [0.1, 0.15) is 35.3 Å². The number of aldehydes is 1. The van der Waals surface area contributed by atoms with Crippen molar-refractivity contribution in [1.29, 1.82) is 0 Å². The molecule has 4 heteroatoms. The lowest BCUT2D eigenvalue weighted by Crippen LogP contribution is -2.21. The first-order chi connectivity index (χ1) is 8.91. The number of rotatable bonds is 4. The number of hydrogen-bond acceptors (Lipinski definition) is 4. The average Bonchev–Trinajstić information content (AvgIpc) is 2.67. The van der Waals surface area contributed by atoms with Crippen LogP contribution in [0, 0.1) is 13.8 Å². The summed E-state index contributed by atoms with van der Waals surface area (Å²) in [6.45, 7) is 7.82. The standard InChI is InChI=1S/C15H18O4/c1-10-5-12(7-16)6-11(2)14(10)17-8-13-9-18-15(3,4)19-13/h5-7,9H,8H2,1-4H3. The molecule has 0 radical (unpaired) electrons. The topological polar surface area (TPSA) is 44.8 Å². The zero-order valence-corrected chi connectivity index (χ0v) is 11.6. The lowest BCUT2D eigenvalue weighted by Gasteiger charge is -2.18. The summed E-state index contributed by atoms with van der Waals surface area (Å²) in [6, 6.07) is 3.61. The highest BCUT2D eigenvalue weighted by Crippen LogP contribution is 2.28. The fourth-order valence-electron chi connectivity index (χ4n) is 2.06. The van der Waals surface area contributed by atoms with E-state index in [4.69, 9.17) is 14.2 Å². The first-order valence-corrected chi connectivity index (χ1v) is 6.16.